The molecule has 2 heterocycles. The molecule has 108 valence electrons. The maximum atomic E-state index is 12.9. The third kappa shape index (κ3) is 3.30. The van der Waals surface area contributed by atoms with E-state index in [0.29, 0.717) is 17.3 Å². The van der Waals surface area contributed by atoms with Crippen molar-refractivity contribution in [1.29, 1.82) is 0 Å². The molecule has 4 nitrogen and oxygen atoms in total. The lowest BCUT2D eigenvalue weighted by Gasteiger charge is -2.02. The van der Waals surface area contributed by atoms with Crippen molar-refractivity contribution in [2.75, 3.05) is 0 Å². The zero-order valence-electron chi connectivity index (χ0n) is 11.4. The molecule has 1 atom stereocenters. The van der Waals surface area contributed by atoms with Gasteiger partial charge in [-0.3, -0.25) is 0 Å². The van der Waals surface area contributed by atoms with Crippen molar-refractivity contribution in [2.24, 2.45) is 0 Å². The van der Waals surface area contributed by atoms with Gasteiger partial charge < -0.3 is 4.42 Å². The average Bonchev–Trinajstić information content (AvgIpc) is 3.09. The molecule has 0 radical (unpaired) electrons. The van der Waals surface area contributed by atoms with Crippen LogP contribution >= 0.6 is 23.1 Å². The number of aromatic nitrogens is 3. The van der Waals surface area contributed by atoms with Crippen molar-refractivity contribution in [3.05, 3.63) is 47.0 Å². The number of thiazole rings is 1. The highest BCUT2D eigenvalue weighted by molar-refractivity contribution is 8.01. The number of hydrogen-bond donors (Lipinski definition) is 0. The first kappa shape index (κ1) is 14.2. The van der Waals surface area contributed by atoms with Crippen LogP contribution in [0.1, 0.15) is 23.8 Å². The van der Waals surface area contributed by atoms with Crippen LogP contribution in [0.15, 0.2) is 38.4 Å². The van der Waals surface area contributed by atoms with Gasteiger partial charge in [-0.15, -0.1) is 21.5 Å². The summed E-state index contributed by atoms with van der Waals surface area (Å²) in [6.45, 7) is 3.95. The maximum Gasteiger partial charge on any atom is 0.247 e. The third-order valence-corrected chi connectivity index (χ3v) is 4.93. The fraction of sp³-hybridized carbons (Fsp3) is 0.214. The first-order valence-electron chi connectivity index (χ1n) is 6.30. The minimum absolute atomic E-state index is 0.0113. The molecule has 0 fully saturated rings. The van der Waals surface area contributed by atoms with Crippen LogP contribution < -0.4 is 0 Å². The Morgan fingerprint density at radius 2 is 2.00 bits per heavy atom. The Balaban J connectivity index is 1.76. The molecule has 0 aliphatic carbocycles. The second-order valence-electron chi connectivity index (χ2n) is 4.47. The van der Waals surface area contributed by atoms with Gasteiger partial charge in [0.05, 0.1) is 5.25 Å². The molecule has 0 saturated carbocycles. The number of rotatable bonds is 4. The van der Waals surface area contributed by atoms with Crippen LogP contribution in [0.25, 0.3) is 11.5 Å². The van der Waals surface area contributed by atoms with Gasteiger partial charge in [-0.2, -0.15) is 0 Å². The summed E-state index contributed by atoms with van der Waals surface area (Å²) in [5, 5.41) is 10.1. The van der Waals surface area contributed by atoms with E-state index in [9.17, 15) is 4.39 Å². The number of hydrogen-bond acceptors (Lipinski definition) is 6. The first-order chi connectivity index (χ1) is 10.1. The predicted molar refractivity (Wildman–Crippen MR) is 80.8 cm³/mol. The lowest BCUT2D eigenvalue weighted by Crippen LogP contribution is -1.88. The monoisotopic (exact) mass is 321 g/mol. The predicted octanol–water partition coefficient (Wildman–Crippen LogP) is 4.49. The topological polar surface area (TPSA) is 51.8 Å². The minimum atomic E-state index is -0.290. The van der Waals surface area contributed by atoms with Crippen LogP contribution in [0.2, 0.25) is 0 Å². The standard InChI is InChI=1S/C14H12FN3OS2/c1-8-7-20-14(16-8)21-9(2)12-17-18-13(19-12)10-3-5-11(15)6-4-10/h3-7,9H,1-2H3/t9-/m1/s1. The molecule has 0 bridgehead atoms. The molecule has 0 aliphatic heterocycles. The number of benzene rings is 1. The van der Waals surface area contributed by atoms with Gasteiger partial charge in [-0.1, -0.05) is 11.8 Å². The van der Waals surface area contributed by atoms with E-state index < -0.39 is 0 Å². The molecule has 3 rings (SSSR count). The lowest BCUT2D eigenvalue weighted by molar-refractivity contribution is 0.509. The number of nitrogens with zero attached hydrogens (tertiary/aromatic N) is 3. The largest absolute Gasteiger partial charge is 0.419 e. The fourth-order valence-corrected chi connectivity index (χ4v) is 3.71. The Morgan fingerprint density at radius 1 is 1.24 bits per heavy atom. The first-order valence-corrected chi connectivity index (χ1v) is 8.06. The Labute approximate surface area is 129 Å². The van der Waals surface area contributed by atoms with E-state index in [1.54, 1.807) is 35.2 Å². The van der Waals surface area contributed by atoms with E-state index in [2.05, 4.69) is 15.2 Å². The Morgan fingerprint density at radius 3 is 2.67 bits per heavy atom. The Bertz CT molecular complexity index is 739. The van der Waals surface area contributed by atoms with E-state index in [0.717, 1.165) is 10.0 Å². The highest BCUT2D eigenvalue weighted by Crippen LogP contribution is 2.36. The molecular weight excluding hydrogens is 309 g/mol. The fourth-order valence-electron chi connectivity index (χ4n) is 1.70. The van der Waals surface area contributed by atoms with Crippen molar-refractivity contribution >= 4 is 23.1 Å². The molecule has 0 aliphatic rings. The van der Waals surface area contributed by atoms with Crippen LogP contribution in [0, 0.1) is 12.7 Å². The normalized spacial score (nSPS) is 12.5. The van der Waals surface area contributed by atoms with Crippen molar-refractivity contribution in [3.8, 4) is 11.5 Å². The second-order valence-corrected chi connectivity index (χ2v) is 6.91. The summed E-state index contributed by atoms with van der Waals surface area (Å²) in [7, 11) is 0. The molecular formula is C14H12FN3OS2. The molecule has 7 heteroatoms. The van der Waals surface area contributed by atoms with Gasteiger partial charge in [0.25, 0.3) is 0 Å². The Hall–Kier alpha value is -1.73. The van der Waals surface area contributed by atoms with Gasteiger partial charge in [-0.05, 0) is 38.1 Å². The molecule has 0 N–H and O–H groups in total. The zero-order valence-corrected chi connectivity index (χ0v) is 13.0. The number of thioether (sulfide) groups is 1. The molecule has 0 saturated heterocycles. The summed E-state index contributed by atoms with van der Waals surface area (Å²) in [5.74, 6) is 0.640. The van der Waals surface area contributed by atoms with Gasteiger partial charge in [0, 0.05) is 16.6 Å². The summed E-state index contributed by atoms with van der Waals surface area (Å²) in [5.41, 5.74) is 1.71. The van der Waals surface area contributed by atoms with Crippen LogP contribution in [-0.2, 0) is 0 Å². The van der Waals surface area contributed by atoms with Crippen molar-refractivity contribution in [2.45, 2.75) is 23.4 Å². The molecule has 21 heavy (non-hydrogen) atoms. The minimum Gasteiger partial charge on any atom is -0.419 e. The number of halogens is 1. The molecule has 0 spiro atoms. The van der Waals surface area contributed by atoms with Crippen molar-refractivity contribution < 1.29 is 8.81 Å². The zero-order chi connectivity index (χ0) is 14.8. The molecule has 0 amide bonds. The second kappa shape index (κ2) is 5.95. The van der Waals surface area contributed by atoms with Crippen LogP contribution in [0.4, 0.5) is 4.39 Å². The van der Waals surface area contributed by atoms with E-state index in [-0.39, 0.29) is 11.1 Å². The number of aryl methyl sites for hydroxylation is 1. The summed E-state index contributed by atoms with van der Waals surface area (Å²) in [4.78, 5) is 4.40. The highest BCUT2D eigenvalue weighted by atomic mass is 32.2. The molecule has 2 aromatic heterocycles. The van der Waals surface area contributed by atoms with Gasteiger partial charge in [0.15, 0.2) is 4.34 Å². The third-order valence-electron chi connectivity index (χ3n) is 2.76. The quantitative estimate of drug-likeness (QED) is 0.662. The highest BCUT2D eigenvalue weighted by Gasteiger charge is 2.17. The van der Waals surface area contributed by atoms with Crippen LogP contribution in [0.5, 0.6) is 0 Å². The summed E-state index contributed by atoms with van der Waals surface area (Å²) >= 11 is 3.18. The van der Waals surface area contributed by atoms with Gasteiger partial charge in [-0.25, -0.2) is 9.37 Å². The molecule has 1 aromatic carbocycles. The smallest absolute Gasteiger partial charge is 0.247 e. The lowest BCUT2D eigenvalue weighted by atomic mass is 10.2. The van der Waals surface area contributed by atoms with E-state index in [1.807, 2.05) is 19.2 Å². The van der Waals surface area contributed by atoms with Crippen LogP contribution in [0.3, 0.4) is 0 Å². The Kier molecular flexibility index (Phi) is 4.03. The molecule has 0 unspecified atom stereocenters. The summed E-state index contributed by atoms with van der Waals surface area (Å²) in [6, 6.07) is 5.98. The average molecular weight is 321 g/mol. The molecule has 3 aromatic rings. The van der Waals surface area contributed by atoms with Gasteiger partial charge >= 0.3 is 0 Å². The van der Waals surface area contributed by atoms with Crippen molar-refractivity contribution in [1.82, 2.24) is 15.2 Å². The summed E-state index contributed by atoms with van der Waals surface area (Å²) in [6.07, 6.45) is 0. The van der Waals surface area contributed by atoms with Gasteiger partial charge in [0.1, 0.15) is 5.82 Å². The summed E-state index contributed by atoms with van der Waals surface area (Å²) < 4.78 is 19.5. The van der Waals surface area contributed by atoms with E-state index in [1.165, 1.54) is 12.1 Å². The van der Waals surface area contributed by atoms with Gasteiger partial charge in [0.2, 0.25) is 11.8 Å². The van der Waals surface area contributed by atoms with Crippen LogP contribution in [-0.4, -0.2) is 15.2 Å². The SMILES string of the molecule is Cc1csc(S[C@H](C)c2nnc(-c3ccc(F)cc3)o2)n1. The maximum absolute atomic E-state index is 12.9. The van der Waals surface area contributed by atoms with E-state index in [4.69, 9.17) is 4.42 Å². The van der Waals surface area contributed by atoms with Crippen molar-refractivity contribution in [3.63, 3.8) is 0 Å². The van der Waals surface area contributed by atoms with E-state index >= 15 is 0 Å².